The molecule has 0 fully saturated rings. The SMILES string of the molecule is CC(C)CCCC(C)CC(=O)C(O)CC(C)CCCC(C)C. The fraction of sp³-hybridized carbons (Fsp3) is 0.950. The summed E-state index contributed by atoms with van der Waals surface area (Å²) in [5.41, 5.74) is 0. The first kappa shape index (κ1) is 21.6. The fourth-order valence-electron chi connectivity index (χ4n) is 2.96. The second kappa shape index (κ2) is 12.1. The Morgan fingerprint density at radius 3 is 1.68 bits per heavy atom. The van der Waals surface area contributed by atoms with Gasteiger partial charge in [-0.1, -0.05) is 80.1 Å². The van der Waals surface area contributed by atoms with Crippen molar-refractivity contribution in [3.05, 3.63) is 0 Å². The van der Waals surface area contributed by atoms with Crippen molar-refractivity contribution >= 4 is 5.78 Å². The van der Waals surface area contributed by atoms with Crippen LogP contribution in [-0.2, 0) is 4.79 Å². The normalized spacial score (nSPS) is 16.0. The van der Waals surface area contributed by atoms with Gasteiger partial charge in [0.25, 0.3) is 0 Å². The van der Waals surface area contributed by atoms with Crippen LogP contribution in [0.5, 0.6) is 0 Å². The van der Waals surface area contributed by atoms with Gasteiger partial charge in [-0.05, 0) is 30.1 Å². The van der Waals surface area contributed by atoms with Crippen molar-refractivity contribution < 1.29 is 9.90 Å². The van der Waals surface area contributed by atoms with Gasteiger partial charge >= 0.3 is 0 Å². The minimum absolute atomic E-state index is 0.0488. The number of aliphatic hydroxyl groups excluding tert-OH is 1. The molecule has 0 aliphatic heterocycles. The molecule has 2 nitrogen and oxygen atoms in total. The minimum Gasteiger partial charge on any atom is -0.385 e. The highest BCUT2D eigenvalue weighted by atomic mass is 16.3. The zero-order valence-corrected chi connectivity index (χ0v) is 15.9. The first-order valence-corrected chi connectivity index (χ1v) is 9.43. The summed E-state index contributed by atoms with van der Waals surface area (Å²) in [5.74, 6) is 2.37. The van der Waals surface area contributed by atoms with Crippen LogP contribution in [0.3, 0.4) is 0 Å². The van der Waals surface area contributed by atoms with Crippen LogP contribution >= 0.6 is 0 Å². The van der Waals surface area contributed by atoms with E-state index < -0.39 is 6.10 Å². The highest BCUT2D eigenvalue weighted by Crippen LogP contribution is 2.20. The Labute approximate surface area is 139 Å². The predicted molar refractivity (Wildman–Crippen MR) is 96.0 cm³/mol. The minimum atomic E-state index is -0.749. The molecule has 0 heterocycles. The molecule has 0 saturated carbocycles. The number of carbonyl (C=O) groups excluding carboxylic acids is 1. The van der Waals surface area contributed by atoms with E-state index in [1.165, 1.54) is 25.7 Å². The molecule has 0 aromatic carbocycles. The molecular formula is C20H40O2. The van der Waals surface area contributed by atoms with E-state index in [4.69, 9.17) is 0 Å². The van der Waals surface area contributed by atoms with Crippen molar-refractivity contribution in [2.45, 2.75) is 99.0 Å². The van der Waals surface area contributed by atoms with Gasteiger partial charge in [0.2, 0.25) is 0 Å². The summed E-state index contributed by atoms with van der Waals surface area (Å²) in [4.78, 5) is 12.1. The lowest BCUT2D eigenvalue weighted by Gasteiger charge is -2.18. The van der Waals surface area contributed by atoms with Gasteiger partial charge in [0.1, 0.15) is 6.10 Å². The number of hydrogen-bond donors (Lipinski definition) is 1. The second-order valence-corrected chi connectivity index (χ2v) is 8.28. The van der Waals surface area contributed by atoms with Crippen LogP contribution in [-0.4, -0.2) is 17.0 Å². The Bertz CT molecular complexity index is 283. The van der Waals surface area contributed by atoms with E-state index in [9.17, 15) is 9.90 Å². The van der Waals surface area contributed by atoms with Gasteiger partial charge < -0.3 is 5.11 Å². The van der Waals surface area contributed by atoms with Gasteiger partial charge in [0.05, 0.1) is 0 Å². The molecule has 3 unspecified atom stereocenters. The van der Waals surface area contributed by atoms with Crippen molar-refractivity contribution in [2.75, 3.05) is 0 Å². The first-order valence-electron chi connectivity index (χ1n) is 9.43. The number of carbonyl (C=O) groups is 1. The van der Waals surface area contributed by atoms with Crippen molar-refractivity contribution in [2.24, 2.45) is 23.7 Å². The summed E-state index contributed by atoms with van der Waals surface area (Å²) < 4.78 is 0. The Kier molecular flexibility index (Phi) is 11.9. The van der Waals surface area contributed by atoms with E-state index in [2.05, 4.69) is 41.5 Å². The van der Waals surface area contributed by atoms with E-state index in [-0.39, 0.29) is 5.78 Å². The molecule has 0 aliphatic rings. The highest BCUT2D eigenvalue weighted by Gasteiger charge is 2.20. The molecule has 0 aromatic heterocycles. The Morgan fingerprint density at radius 1 is 0.773 bits per heavy atom. The maximum atomic E-state index is 12.1. The molecule has 132 valence electrons. The van der Waals surface area contributed by atoms with Gasteiger partial charge in [-0.2, -0.15) is 0 Å². The van der Waals surface area contributed by atoms with E-state index in [0.717, 1.165) is 24.7 Å². The van der Waals surface area contributed by atoms with Crippen LogP contribution in [0, 0.1) is 23.7 Å². The molecule has 0 saturated heterocycles. The topological polar surface area (TPSA) is 37.3 Å². The van der Waals surface area contributed by atoms with Gasteiger partial charge in [0, 0.05) is 6.42 Å². The number of rotatable bonds is 13. The number of aliphatic hydroxyl groups is 1. The lowest BCUT2D eigenvalue weighted by atomic mass is 9.90. The first-order chi connectivity index (χ1) is 10.2. The summed E-state index contributed by atoms with van der Waals surface area (Å²) in [5, 5.41) is 10.1. The molecule has 22 heavy (non-hydrogen) atoms. The average molecular weight is 313 g/mol. The highest BCUT2D eigenvalue weighted by molar-refractivity contribution is 5.82. The lowest BCUT2D eigenvalue weighted by Crippen LogP contribution is -2.24. The third-order valence-electron chi connectivity index (χ3n) is 4.50. The molecular weight excluding hydrogens is 272 g/mol. The van der Waals surface area contributed by atoms with E-state index >= 15 is 0 Å². The maximum Gasteiger partial charge on any atom is 0.161 e. The number of ketones is 1. The molecule has 0 aliphatic carbocycles. The largest absolute Gasteiger partial charge is 0.385 e. The van der Waals surface area contributed by atoms with Crippen molar-refractivity contribution in [1.29, 1.82) is 0 Å². The Hall–Kier alpha value is -0.370. The molecule has 0 amide bonds. The van der Waals surface area contributed by atoms with Crippen LogP contribution in [0.2, 0.25) is 0 Å². The van der Waals surface area contributed by atoms with E-state index in [0.29, 0.717) is 24.7 Å². The Morgan fingerprint density at radius 2 is 1.23 bits per heavy atom. The summed E-state index contributed by atoms with van der Waals surface area (Å²) in [6.45, 7) is 13.2. The Balaban J connectivity index is 3.89. The van der Waals surface area contributed by atoms with E-state index in [1.807, 2.05) is 0 Å². The molecule has 3 atom stereocenters. The molecule has 0 radical (unpaired) electrons. The smallest absolute Gasteiger partial charge is 0.161 e. The monoisotopic (exact) mass is 312 g/mol. The van der Waals surface area contributed by atoms with Crippen molar-refractivity contribution in [3.63, 3.8) is 0 Å². The summed E-state index contributed by atoms with van der Waals surface area (Å²) in [7, 11) is 0. The molecule has 2 heteroatoms. The molecule has 1 N–H and O–H groups in total. The molecule has 0 rings (SSSR count). The summed E-state index contributed by atoms with van der Waals surface area (Å²) >= 11 is 0. The van der Waals surface area contributed by atoms with Crippen LogP contribution in [0.15, 0.2) is 0 Å². The van der Waals surface area contributed by atoms with E-state index in [1.54, 1.807) is 0 Å². The molecule has 0 aromatic rings. The average Bonchev–Trinajstić information content (AvgIpc) is 2.37. The van der Waals surface area contributed by atoms with Crippen LogP contribution in [0.25, 0.3) is 0 Å². The predicted octanol–water partition coefficient (Wildman–Crippen LogP) is 5.62. The number of hydrogen-bond acceptors (Lipinski definition) is 2. The maximum absolute atomic E-state index is 12.1. The van der Waals surface area contributed by atoms with Gasteiger partial charge in [0.15, 0.2) is 5.78 Å². The molecule has 0 spiro atoms. The van der Waals surface area contributed by atoms with Crippen LogP contribution in [0.4, 0.5) is 0 Å². The van der Waals surface area contributed by atoms with Crippen molar-refractivity contribution in [3.8, 4) is 0 Å². The second-order valence-electron chi connectivity index (χ2n) is 8.28. The van der Waals surface area contributed by atoms with Crippen LogP contribution < -0.4 is 0 Å². The third kappa shape index (κ3) is 12.2. The van der Waals surface area contributed by atoms with Gasteiger partial charge in [-0.25, -0.2) is 0 Å². The third-order valence-corrected chi connectivity index (χ3v) is 4.50. The quantitative estimate of drug-likeness (QED) is 0.479. The fourth-order valence-corrected chi connectivity index (χ4v) is 2.96. The van der Waals surface area contributed by atoms with Gasteiger partial charge in [-0.15, -0.1) is 0 Å². The zero-order chi connectivity index (χ0) is 17.1. The van der Waals surface area contributed by atoms with Gasteiger partial charge in [-0.3, -0.25) is 4.79 Å². The molecule has 0 bridgehead atoms. The van der Waals surface area contributed by atoms with Crippen LogP contribution in [0.1, 0.15) is 92.9 Å². The number of Topliss-reactive ketones (excluding diaryl/α,β-unsaturated/α-hetero) is 1. The summed E-state index contributed by atoms with van der Waals surface area (Å²) in [6.07, 6.45) is 7.50. The standard InChI is InChI=1S/C20H40O2/c1-15(2)9-7-11-17(5)13-19(21)20(22)14-18(6)12-8-10-16(3)4/h15-19,21H,7-14H2,1-6H3. The zero-order valence-electron chi connectivity index (χ0n) is 15.9. The lowest BCUT2D eigenvalue weighted by molar-refractivity contribution is -0.128. The van der Waals surface area contributed by atoms with Crippen molar-refractivity contribution in [1.82, 2.24) is 0 Å². The summed E-state index contributed by atoms with van der Waals surface area (Å²) in [6, 6.07) is 0.